The number of halogens is 1. The molecular weight excluding hydrogens is 292 g/mol. The van der Waals surface area contributed by atoms with Crippen molar-refractivity contribution in [2.24, 2.45) is 0 Å². The molecule has 2 aromatic rings. The van der Waals surface area contributed by atoms with Crippen molar-refractivity contribution in [2.75, 3.05) is 11.9 Å². The number of fused-ring (bicyclic) bond motifs is 1. The summed E-state index contributed by atoms with van der Waals surface area (Å²) in [6.07, 6.45) is 0. The van der Waals surface area contributed by atoms with E-state index in [2.05, 4.69) is 10.4 Å². The van der Waals surface area contributed by atoms with E-state index in [4.69, 9.17) is 11.6 Å². The van der Waals surface area contributed by atoms with Crippen LogP contribution in [0.25, 0.3) is 0 Å². The van der Waals surface area contributed by atoms with E-state index >= 15 is 0 Å². The summed E-state index contributed by atoms with van der Waals surface area (Å²) in [6, 6.07) is 5.56. The molecule has 7 nitrogen and oxygen atoms in total. The average molecular weight is 301 g/mol. The van der Waals surface area contributed by atoms with Gasteiger partial charge in [-0.3, -0.25) is 4.57 Å². The molecular formula is C10H9ClN4O3S. The van der Waals surface area contributed by atoms with Crippen LogP contribution >= 0.6 is 11.6 Å². The molecule has 19 heavy (non-hydrogen) atoms. The van der Waals surface area contributed by atoms with Gasteiger partial charge in [0.2, 0.25) is 5.95 Å². The fraction of sp³-hybridized carbons (Fsp3) is 0.200. The zero-order valence-corrected chi connectivity index (χ0v) is 11.1. The van der Waals surface area contributed by atoms with Crippen molar-refractivity contribution >= 4 is 27.6 Å². The Kier molecular flexibility index (Phi) is 2.64. The van der Waals surface area contributed by atoms with Crippen LogP contribution in [0.4, 0.5) is 5.95 Å². The number of aromatic nitrogens is 3. The minimum absolute atomic E-state index is 0.0317. The molecule has 0 fully saturated rings. The molecule has 1 aliphatic heterocycles. The monoisotopic (exact) mass is 300 g/mol. The zero-order valence-electron chi connectivity index (χ0n) is 9.58. The number of benzene rings is 1. The Hall–Kier alpha value is -1.80. The Balaban J connectivity index is 2.16. The van der Waals surface area contributed by atoms with Gasteiger partial charge in [-0.05, 0) is 24.3 Å². The summed E-state index contributed by atoms with van der Waals surface area (Å²) < 4.78 is 26.4. The van der Waals surface area contributed by atoms with Gasteiger partial charge in [-0.2, -0.15) is 8.42 Å². The third kappa shape index (κ3) is 1.83. The highest BCUT2D eigenvalue weighted by atomic mass is 35.5. The maximum Gasteiger partial charge on any atom is 0.362 e. The highest BCUT2D eigenvalue weighted by molar-refractivity contribution is 7.89. The summed E-state index contributed by atoms with van der Waals surface area (Å²) in [5.74, 6) is 0.266. The van der Waals surface area contributed by atoms with E-state index in [9.17, 15) is 13.2 Å². The first-order chi connectivity index (χ1) is 9.00. The molecule has 0 saturated heterocycles. The fourth-order valence-corrected chi connectivity index (χ4v) is 3.15. The Labute approximate surface area is 113 Å². The highest BCUT2D eigenvalue weighted by Crippen LogP contribution is 2.17. The summed E-state index contributed by atoms with van der Waals surface area (Å²) in [7, 11) is -3.99. The zero-order chi connectivity index (χ0) is 13.6. The van der Waals surface area contributed by atoms with Gasteiger partial charge in [-0.25, -0.2) is 4.79 Å². The van der Waals surface area contributed by atoms with Crippen molar-refractivity contribution in [1.82, 2.24) is 13.8 Å². The molecule has 1 N–H and O–H groups in total. The fourth-order valence-electron chi connectivity index (χ4n) is 1.85. The molecule has 1 aromatic heterocycles. The lowest BCUT2D eigenvalue weighted by atomic mass is 10.4. The third-order valence-corrected chi connectivity index (χ3v) is 4.61. The van der Waals surface area contributed by atoms with Crippen LogP contribution in [0.3, 0.4) is 0 Å². The molecule has 3 rings (SSSR count). The third-order valence-electron chi connectivity index (χ3n) is 2.79. The summed E-state index contributed by atoms with van der Waals surface area (Å²) in [6.45, 7) is 0.976. The molecule has 0 radical (unpaired) electrons. The van der Waals surface area contributed by atoms with Crippen molar-refractivity contribution in [3.8, 4) is 0 Å². The first-order valence-corrected chi connectivity index (χ1v) is 7.27. The number of hydrogen-bond donors (Lipinski definition) is 1. The number of hydrogen-bond acceptors (Lipinski definition) is 5. The summed E-state index contributed by atoms with van der Waals surface area (Å²) in [4.78, 5) is 11.9. The second-order valence-corrected chi connectivity index (χ2v) is 6.19. The van der Waals surface area contributed by atoms with E-state index in [-0.39, 0.29) is 10.8 Å². The predicted molar refractivity (Wildman–Crippen MR) is 69.0 cm³/mol. The summed E-state index contributed by atoms with van der Waals surface area (Å²) >= 11 is 5.71. The van der Waals surface area contributed by atoms with Gasteiger partial charge in [0.15, 0.2) is 0 Å². The lowest BCUT2D eigenvalue weighted by Gasteiger charge is -2.03. The topological polar surface area (TPSA) is 86.0 Å². The van der Waals surface area contributed by atoms with Crippen LogP contribution in [-0.4, -0.2) is 28.7 Å². The van der Waals surface area contributed by atoms with Crippen LogP contribution in [0, 0.1) is 0 Å². The molecule has 0 bridgehead atoms. The van der Waals surface area contributed by atoms with Crippen LogP contribution in [-0.2, 0) is 16.6 Å². The number of nitrogens with one attached hydrogen (secondary N) is 1. The molecule has 1 aromatic carbocycles. The van der Waals surface area contributed by atoms with Gasteiger partial charge in [0.25, 0.3) is 10.0 Å². The average Bonchev–Trinajstić information content (AvgIpc) is 2.93. The maximum atomic E-state index is 12.3. The van der Waals surface area contributed by atoms with Crippen LogP contribution in [0.1, 0.15) is 0 Å². The van der Waals surface area contributed by atoms with Gasteiger partial charge in [0.1, 0.15) is 0 Å². The van der Waals surface area contributed by atoms with Crippen LogP contribution in [0.15, 0.2) is 34.0 Å². The largest absolute Gasteiger partial charge is 0.362 e. The molecule has 0 atom stereocenters. The lowest BCUT2D eigenvalue weighted by Crippen LogP contribution is -2.30. The molecule has 100 valence electrons. The van der Waals surface area contributed by atoms with Crippen molar-refractivity contribution in [3.05, 3.63) is 39.8 Å². The molecule has 0 spiro atoms. The van der Waals surface area contributed by atoms with Gasteiger partial charge in [0, 0.05) is 18.1 Å². The Morgan fingerprint density at radius 1 is 1.26 bits per heavy atom. The van der Waals surface area contributed by atoms with Crippen LogP contribution in [0.5, 0.6) is 0 Å². The van der Waals surface area contributed by atoms with Gasteiger partial charge in [-0.15, -0.1) is 5.10 Å². The number of rotatable bonds is 2. The Bertz CT molecular complexity index is 791. The SMILES string of the molecule is O=c1n(S(=O)(=O)c2ccc(Cl)cc2)nc2n1CCN2. The van der Waals surface area contributed by atoms with Gasteiger partial charge in [0.05, 0.1) is 4.90 Å². The van der Waals surface area contributed by atoms with Crippen molar-refractivity contribution in [3.63, 3.8) is 0 Å². The lowest BCUT2D eigenvalue weighted by molar-refractivity contribution is 0.575. The van der Waals surface area contributed by atoms with Gasteiger partial charge in [-0.1, -0.05) is 15.7 Å². The quantitative estimate of drug-likeness (QED) is 0.865. The summed E-state index contributed by atoms with van der Waals surface area (Å²) in [5.41, 5.74) is -0.671. The van der Waals surface area contributed by atoms with E-state index in [1.807, 2.05) is 0 Å². The van der Waals surface area contributed by atoms with Crippen molar-refractivity contribution in [1.29, 1.82) is 0 Å². The van der Waals surface area contributed by atoms with E-state index < -0.39 is 15.7 Å². The molecule has 2 heterocycles. The second kappa shape index (κ2) is 4.10. The van der Waals surface area contributed by atoms with E-state index in [1.165, 1.54) is 28.8 Å². The number of anilines is 1. The van der Waals surface area contributed by atoms with Crippen molar-refractivity contribution in [2.45, 2.75) is 11.4 Å². The van der Waals surface area contributed by atoms with Gasteiger partial charge < -0.3 is 5.32 Å². The van der Waals surface area contributed by atoms with Crippen molar-refractivity contribution < 1.29 is 8.42 Å². The van der Waals surface area contributed by atoms with E-state index in [0.717, 1.165) is 0 Å². The smallest absolute Gasteiger partial charge is 0.352 e. The Morgan fingerprint density at radius 2 is 1.95 bits per heavy atom. The minimum Gasteiger partial charge on any atom is -0.352 e. The molecule has 0 saturated carbocycles. The summed E-state index contributed by atoms with van der Waals surface area (Å²) in [5, 5.41) is 7.05. The van der Waals surface area contributed by atoms with Crippen LogP contribution in [0.2, 0.25) is 5.02 Å². The molecule has 0 amide bonds. The molecule has 1 aliphatic rings. The van der Waals surface area contributed by atoms with E-state index in [1.54, 1.807) is 0 Å². The standard InChI is InChI=1S/C10H9ClN4O3S/c11-7-1-3-8(4-2-7)19(17,18)15-10(16)14-6-5-12-9(14)13-15/h1-4H,5-6H2,(H,12,13). The van der Waals surface area contributed by atoms with Gasteiger partial charge >= 0.3 is 5.69 Å². The highest BCUT2D eigenvalue weighted by Gasteiger charge is 2.26. The predicted octanol–water partition coefficient (Wildman–Crippen LogP) is 0.361. The number of nitrogens with zero attached hydrogens (tertiary/aromatic N) is 3. The maximum absolute atomic E-state index is 12.3. The second-order valence-electron chi connectivity index (χ2n) is 3.99. The van der Waals surface area contributed by atoms with E-state index in [0.29, 0.717) is 22.2 Å². The first-order valence-electron chi connectivity index (χ1n) is 5.45. The molecule has 9 heteroatoms. The van der Waals surface area contributed by atoms with Crippen LogP contribution < -0.4 is 11.0 Å². The normalized spacial score (nSPS) is 14.2. The Morgan fingerprint density at radius 3 is 2.58 bits per heavy atom. The minimum atomic E-state index is -3.99. The molecule has 0 unspecified atom stereocenters. The first kappa shape index (κ1) is 12.2. The molecule has 0 aliphatic carbocycles.